The lowest BCUT2D eigenvalue weighted by atomic mass is 10.4. The SMILES string of the molecule is [2H]C([2H])([2H])Oc1ccnc(P(=O)(O)c2ccccc2)c1. The quantitative estimate of drug-likeness (QED) is 0.837. The summed E-state index contributed by atoms with van der Waals surface area (Å²) < 4.78 is 38.2. The van der Waals surface area contributed by atoms with Crippen LogP contribution in [0.5, 0.6) is 5.75 Å². The van der Waals surface area contributed by atoms with Gasteiger partial charge in [0, 0.05) is 17.6 Å². The van der Waals surface area contributed by atoms with Crippen molar-refractivity contribution in [3.8, 4) is 5.75 Å². The molecule has 2 rings (SSSR count). The standard InChI is InChI=1S/C12H12NO3P/c1-16-10-7-8-13-12(9-10)17(14,15)11-5-3-2-4-6-11/h2-9H,1H3,(H,14,15)/i1D3. The van der Waals surface area contributed by atoms with Gasteiger partial charge in [-0.1, -0.05) is 18.2 Å². The highest BCUT2D eigenvalue weighted by molar-refractivity contribution is 7.73. The fraction of sp³-hybridized carbons (Fsp3) is 0.0833. The molecule has 0 radical (unpaired) electrons. The molecule has 1 aromatic heterocycles. The lowest BCUT2D eigenvalue weighted by Crippen LogP contribution is -2.18. The largest absolute Gasteiger partial charge is 0.497 e. The zero-order valence-electron chi connectivity index (χ0n) is 11.8. The molecule has 0 aliphatic rings. The average Bonchev–Trinajstić information content (AvgIpc) is 2.38. The molecule has 2 aromatic rings. The van der Waals surface area contributed by atoms with Gasteiger partial charge in [-0.05, 0) is 18.2 Å². The smallest absolute Gasteiger partial charge is 0.276 e. The third kappa shape index (κ3) is 2.38. The second-order valence-corrected chi connectivity index (χ2v) is 5.49. The fourth-order valence-corrected chi connectivity index (χ4v) is 2.76. The summed E-state index contributed by atoms with van der Waals surface area (Å²) in [6.45, 7) is 0. The van der Waals surface area contributed by atoms with E-state index in [9.17, 15) is 9.46 Å². The maximum Gasteiger partial charge on any atom is 0.276 e. The van der Waals surface area contributed by atoms with Crippen LogP contribution in [0, 0.1) is 0 Å². The van der Waals surface area contributed by atoms with Gasteiger partial charge >= 0.3 is 0 Å². The van der Waals surface area contributed by atoms with Gasteiger partial charge in [-0.2, -0.15) is 0 Å². The van der Waals surface area contributed by atoms with E-state index < -0.39 is 14.4 Å². The molecule has 1 unspecified atom stereocenters. The Hall–Kier alpha value is -1.64. The zero-order valence-corrected chi connectivity index (χ0v) is 9.67. The van der Waals surface area contributed by atoms with Crippen molar-refractivity contribution in [2.45, 2.75) is 0 Å². The highest BCUT2D eigenvalue weighted by atomic mass is 31.2. The van der Waals surface area contributed by atoms with Gasteiger partial charge in [0.25, 0.3) is 7.37 Å². The van der Waals surface area contributed by atoms with Gasteiger partial charge in [-0.3, -0.25) is 9.55 Å². The molecule has 0 fully saturated rings. The van der Waals surface area contributed by atoms with Gasteiger partial charge in [0.05, 0.1) is 11.2 Å². The van der Waals surface area contributed by atoms with Crippen LogP contribution in [0.25, 0.3) is 0 Å². The molecule has 1 aromatic carbocycles. The molecule has 1 atom stereocenters. The van der Waals surface area contributed by atoms with E-state index in [0.29, 0.717) is 0 Å². The van der Waals surface area contributed by atoms with Crippen molar-refractivity contribution in [3.05, 3.63) is 48.7 Å². The van der Waals surface area contributed by atoms with E-state index in [4.69, 9.17) is 8.85 Å². The molecular weight excluding hydrogens is 237 g/mol. The van der Waals surface area contributed by atoms with E-state index in [1.807, 2.05) is 0 Å². The second kappa shape index (κ2) is 4.70. The van der Waals surface area contributed by atoms with Gasteiger partial charge in [0.2, 0.25) is 0 Å². The van der Waals surface area contributed by atoms with E-state index in [2.05, 4.69) is 4.98 Å². The third-order valence-electron chi connectivity index (χ3n) is 2.25. The van der Waals surface area contributed by atoms with Crippen LogP contribution in [0.2, 0.25) is 0 Å². The molecule has 0 aliphatic carbocycles. The molecule has 0 saturated carbocycles. The average molecular weight is 252 g/mol. The minimum Gasteiger partial charge on any atom is -0.497 e. The maximum absolute atomic E-state index is 12.4. The summed E-state index contributed by atoms with van der Waals surface area (Å²) in [6, 6.07) is 10.5. The molecule has 5 heteroatoms. The summed E-state index contributed by atoms with van der Waals surface area (Å²) in [7, 11) is -6.48. The van der Waals surface area contributed by atoms with Crippen molar-refractivity contribution in [1.82, 2.24) is 4.98 Å². The Balaban J connectivity index is 2.38. The van der Waals surface area contributed by atoms with E-state index in [0.717, 1.165) is 0 Å². The Morgan fingerprint density at radius 2 is 2.12 bits per heavy atom. The van der Waals surface area contributed by atoms with Gasteiger partial charge < -0.3 is 9.63 Å². The molecular formula is C12H12NO3P. The normalized spacial score (nSPS) is 17.4. The first-order chi connectivity index (χ1) is 9.29. The Morgan fingerprint density at radius 3 is 2.82 bits per heavy atom. The summed E-state index contributed by atoms with van der Waals surface area (Å²) in [4.78, 5) is 14.0. The number of pyridine rings is 1. The number of rotatable bonds is 3. The number of aromatic nitrogens is 1. The number of hydrogen-bond acceptors (Lipinski definition) is 3. The lowest BCUT2D eigenvalue weighted by molar-refractivity contribution is 0.414. The summed E-state index contributed by atoms with van der Waals surface area (Å²) in [5, 5.41) is 0.221. The molecule has 88 valence electrons. The Kier molecular flexibility index (Phi) is 2.33. The zero-order chi connectivity index (χ0) is 14.8. The summed E-state index contributed by atoms with van der Waals surface area (Å²) in [6.07, 6.45) is 1.24. The van der Waals surface area contributed by atoms with E-state index >= 15 is 0 Å². The highest BCUT2D eigenvalue weighted by Gasteiger charge is 2.25. The topological polar surface area (TPSA) is 59.4 Å². The fourth-order valence-electron chi connectivity index (χ4n) is 1.39. The summed E-state index contributed by atoms with van der Waals surface area (Å²) in [5.74, 6) is -0.0276. The van der Waals surface area contributed by atoms with Crippen LogP contribution in [-0.4, -0.2) is 16.9 Å². The van der Waals surface area contributed by atoms with Crippen molar-refractivity contribution in [2.75, 3.05) is 7.04 Å². The monoisotopic (exact) mass is 252 g/mol. The van der Waals surface area contributed by atoms with Crippen molar-refractivity contribution in [1.29, 1.82) is 0 Å². The molecule has 0 aliphatic heterocycles. The number of benzene rings is 1. The lowest BCUT2D eigenvalue weighted by Gasteiger charge is -2.11. The predicted octanol–water partition coefficient (Wildman–Crippen LogP) is 1.31. The predicted molar refractivity (Wildman–Crippen MR) is 66.3 cm³/mol. The van der Waals surface area contributed by atoms with E-state index in [-0.39, 0.29) is 16.5 Å². The number of nitrogens with zero attached hydrogens (tertiary/aromatic N) is 1. The molecule has 0 spiro atoms. The first kappa shape index (κ1) is 8.45. The van der Waals surface area contributed by atoms with Crippen LogP contribution in [0.4, 0.5) is 0 Å². The van der Waals surface area contributed by atoms with Crippen LogP contribution < -0.4 is 15.5 Å². The van der Waals surface area contributed by atoms with Crippen LogP contribution in [0.3, 0.4) is 0 Å². The Bertz CT molecular complexity index is 646. The minimum atomic E-state index is -3.86. The van der Waals surface area contributed by atoms with Crippen LogP contribution in [0.1, 0.15) is 4.11 Å². The van der Waals surface area contributed by atoms with Crippen molar-refractivity contribution in [2.24, 2.45) is 0 Å². The van der Waals surface area contributed by atoms with Crippen molar-refractivity contribution < 1.29 is 18.3 Å². The highest BCUT2D eigenvalue weighted by Crippen LogP contribution is 2.37. The summed E-state index contributed by atoms with van der Waals surface area (Å²) in [5.41, 5.74) is -0.120. The molecule has 4 nitrogen and oxygen atoms in total. The molecule has 0 amide bonds. The minimum absolute atomic E-state index is 0.0276. The molecule has 1 N–H and O–H groups in total. The van der Waals surface area contributed by atoms with Gasteiger partial charge in [-0.25, -0.2) is 0 Å². The van der Waals surface area contributed by atoms with Crippen LogP contribution >= 0.6 is 7.37 Å². The van der Waals surface area contributed by atoms with Crippen LogP contribution in [0.15, 0.2) is 48.7 Å². The van der Waals surface area contributed by atoms with Gasteiger partial charge in [-0.15, -0.1) is 0 Å². The van der Waals surface area contributed by atoms with Crippen molar-refractivity contribution >= 4 is 18.1 Å². The summed E-state index contributed by atoms with van der Waals surface area (Å²) >= 11 is 0. The van der Waals surface area contributed by atoms with E-state index in [1.54, 1.807) is 18.2 Å². The number of hydrogen-bond donors (Lipinski definition) is 1. The van der Waals surface area contributed by atoms with Gasteiger partial charge in [0.15, 0.2) is 0 Å². The molecule has 0 saturated heterocycles. The first-order valence-electron chi connectivity index (χ1n) is 6.33. The van der Waals surface area contributed by atoms with Gasteiger partial charge in [0.1, 0.15) is 11.2 Å². The Morgan fingerprint density at radius 1 is 1.35 bits per heavy atom. The Labute approximate surface area is 104 Å². The van der Waals surface area contributed by atoms with Crippen molar-refractivity contribution in [3.63, 3.8) is 0 Å². The first-order valence-corrected chi connectivity index (χ1v) is 6.49. The second-order valence-electron chi connectivity index (χ2n) is 3.36. The maximum atomic E-state index is 12.4. The van der Waals surface area contributed by atoms with Crippen LogP contribution in [-0.2, 0) is 4.57 Å². The molecule has 1 heterocycles. The van der Waals surface area contributed by atoms with E-state index in [1.165, 1.54) is 30.5 Å². The molecule has 0 bridgehead atoms. The third-order valence-corrected chi connectivity index (χ3v) is 4.12. The number of ether oxygens (including phenoxy) is 1. The number of methoxy groups -OCH3 is 1. The molecule has 17 heavy (non-hydrogen) atoms.